The van der Waals surface area contributed by atoms with Crippen molar-refractivity contribution in [2.75, 3.05) is 5.73 Å². The van der Waals surface area contributed by atoms with Crippen molar-refractivity contribution in [2.24, 2.45) is 5.92 Å². The van der Waals surface area contributed by atoms with E-state index in [1.54, 1.807) is 0 Å². The van der Waals surface area contributed by atoms with Gasteiger partial charge in [0.05, 0.1) is 5.56 Å². The minimum absolute atomic E-state index is 0.0242. The van der Waals surface area contributed by atoms with Crippen LogP contribution in [0.25, 0.3) is 0 Å². The number of nitrogen functional groups attached to an aromatic ring is 1. The van der Waals surface area contributed by atoms with E-state index >= 15 is 0 Å². The standard InChI is InChI=1S/C13H17FN2O/c1-8(9-3-2-4-9)16-13(17)11-7-10(15)5-6-12(11)14/h5-9H,2-4,15H2,1H3,(H,16,17). The molecule has 92 valence electrons. The van der Waals surface area contributed by atoms with Crippen molar-refractivity contribution < 1.29 is 9.18 Å². The molecule has 1 amide bonds. The van der Waals surface area contributed by atoms with Crippen LogP contribution < -0.4 is 11.1 Å². The normalized spacial score (nSPS) is 17.3. The zero-order chi connectivity index (χ0) is 12.4. The molecule has 1 fully saturated rings. The summed E-state index contributed by atoms with van der Waals surface area (Å²) in [5.41, 5.74) is 5.97. The Hall–Kier alpha value is -1.58. The van der Waals surface area contributed by atoms with Crippen LogP contribution in [0.4, 0.5) is 10.1 Å². The second-order valence-corrected chi connectivity index (χ2v) is 4.69. The monoisotopic (exact) mass is 236 g/mol. The number of hydrogen-bond donors (Lipinski definition) is 2. The zero-order valence-corrected chi connectivity index (χ0v) is 9.87. The highest BCUT2D eigenvalue weighted by atomic mass is 19.1. The Morgan fingerprint density at radius 3 is 2.82 bits per heavy atom. The van der Waals surface area contributed by atoms with Crippen LogP contribution in [0.1, 0.15) is 36.5 Å². The smallest absolute Gasteiger partial charge is 0.254 e. The fraction of sp³-hybridized carbons (Fsp3) is 0.462. The number of carbonyl (C=O) groups excluding carboxylic acids is 1. The molecule has 1 aliphatic rings. The average Bonchev–Trinajstić information content (AvgIpc) is 2.18. The predicted octanol–water partition coefficient (Wildman–Crippen LogP) is 2.33. The molecular formula is C13H17FN2O. The van der Waals surface area contributed by atoms with E-state index in [0.29, 0.717) is 11.6 Å². The van der Waals surface area contributed by atoms with Gasteiger partial charge >= 0.3 is 0 Å². The highest BCUT2D eigenvalue weighted by Crippen LogP contribution is 2.29. The molecule has 0 aliphatic heterocycles. The highest BCUT2D eigenvalue weighted by Gasteiger charge is 2.25. The van der Waals surface area contributed by atoms with Crippen molar-refractivity contribution in [3.8, 4) is 0 Å². The van der Waals surface area contributed by atoms with Gasteiger partial charge in [-0.25, -0.2) is 4.39 Å². The fourth-order valence-electron chi connectivity index (χ4n) is 2.06. The lowest BCUT2D eigenvalue weighted by Gasteiger charge is -2.31. The maximum absolute atomic E-state index is 13.5. The van der Waals surface area contributed by atoms with Gasteiger partial charge in [0.15, 0.2) is 0 Å². The van der Waals surface area contributed by atoms with Gasteiger partial charge in [-0.1, -0.05) is 6.42 Å². The summed E-state index contributed by atoms with van der Waals surface area (Å²) < 4.78 is 13.5. The summed E-state index contributed by atoms with van der Waals surface area (Å²) in [6, 6.07) is 4.13. The number of carbonyl (C=O) groups is 1. The van der Waals surface area contributed by atoms with Crippen molar-refractivity contribution in [3.63, 3.8) is 0 Å². The second-order valence-electron chi connectivity index (χ2n) is 4.69. The summed E-state index contributed by atoms with van der Waals surface area (Å²) >= 11 is 0. The number of anilines is 1. The van der Waals surface area contributed by atoms with E-state index in [0.717, 1.165) is 12.8 Å². The van der Waals surface area contributed by atoms with Crippen molar-refractivity contribution in [1.82, 2.24) is 5.32 Å². The third-order valence-corrected chi connectivity index (χ3v) is 3.45. The van der Waals surface area contributed by atoms with Crippen molar-refractivity contribution >= 4 is 11.6 Å². The molecule has 0 radical (unpaired) electrons. The van der Waals surface area contributed by atoms with E-state index < -0.39 is 5.82 Å². The number of nitrogens with one attached hydrogen (secondary N) is 1. The molecule has 3 nitrogen and oxygen atoms in total. The number of amides is 1. The third kappa shape index (κ3) is 2.57. The lowest BCUT2D eigenvalue weighted by atomic mass is 9.80. The van der Waals surface area contributed by atoms with E-state index in [9.17, 15) is 9.18 Å². The lowest BCUT2D eigenvalue weighted by Crippen LogP contribution is -2.41. The number of nitrogens with two attached hydrogens (primary N) is 1. The van der Waals surface area contributed by atoms with Crippen LogP contribution in [0, 0.1) is 11.7 Å². The highest BCUT2D eigenvalue weighted by molar-refractivity contribution is 5.95. The lowest BCUT2D eigenvalue weighted by molar-refractivity contribution is 0.0905. The molecule has 1 saturated carbocycles. The van der Waals surface area contributed by atoms with Gasteiger partial charge in [-0.2, -0.15) is 0 Å². The first-order valence-corrected chi connectivity index (χ1v) is 5.94. The van der Waals surface area contributed by atoms with E-state index in [-0.39, 0.29) is 17.5 Å². The summed E-state index contributed by atoms with van der Waals surface area (Å²) in [6.07, 6.45) is 3.50. The summed E-state index contributed by atoms with van der Waals surface area (Å²) in [4.78, 5) is 11.9. The van der Waals surface area contributed by atoms with Gasteiger partial charge in [-0.05, 0) is 43.9 Å². The molecular weight excluding hydrogens is 219 g/mol. The van der Waals surface area contributed by atoms with Gasteiger partial charge in [0, 0.05) is 11.7 Å². The largest absolute Gasteiger partial charge is 0.399 e. The summed E-state index contributed by atoms with van der Waals surface area (Å²) in [6.45, 7) is 1.96. The van der Waals surface area contributed by atoms with Crippen LogP contribution in [0.15, 0.2) is 18.2 Å². The Bertz CT molecular complexity index is 429. The van der Waals surface area contributed by atoms with Crippen LogP contribution in [0.5, 0.6) is 0 Å². The molecule has 1 atom stereocenters. The van der Waals surface area contributed by atoms with Gasteiger partial charge in [0.2, 0.25) is 0 Å². The molecule has 1 aromatic rings. The maximum Gasteiger partial charge on any atom is 0.254 e. The van der Waals surface area contributed by atoms with Crippen LogP contribution in [0.2, 0.25) is 0 Å². The summed E-state index contributed by atoms with van der Waals surface area (Å²) in [7, 11) is 0. The number of benzene rings is 1. The Balaban J connectivity index is 2.05. The number of rotatable bonds is 3. The Morgan fingerprint density at radius 2 is 2.24 bits per heavy atom. The Morgan fingerprint density at radius 1 is 1.53 bits per heavy atom. The number of hydrogen-bond acceptors (Lipinski definition) is 2. The SMILES string of the molecule is CC(NC(=O)c1cc(N)ccc1F)C1CCC1. The minimum Gasteiger partial charge on any atom is -0.399 e. The van der Waals surface area contributed by atoms with E-state index in [4.69, 9.17) is 5.73 Å². The van der Waals surface area contributed by atoms with Crippen LogP contribution in [-0.2, 0) is 0 Å². The van der Waals surface area contributed by atoms with Crippen molar-refractivity contribution in [2.45, 2.75) is 32.2 Å². The molecule has 0 spiro atoms. The molecule has 1 aromatic carbocycles. The first-order valence-electron chi connectivity index (χ1n) is 5.94. The minimum atomic E-state index is -0.530. The molecule has 17 heavy (non-hydrogen) atoms. The first-order chi connectivity index (χ1) is 8.08. The number of halogens is 1. The summed E-state index contributed by atoms with van der Waals surface area (Å²) in [5, 5.41) is 2.83. The van der Waals surface area contributed by atoms with Gasteiger partial charge in [0.1, 0.15) is 5.82 Å². The van der Waals surface area contributed by atoms with Crippen molar-refractivity contribution in [1.29, 1.82) is 0 Å². The van der Waals surface area contributed by atoms with Gasteiger partial charge in [-0.15, -0.1) is 0 Å². The summed E-state index contributed by atoms with van der Waals surface area (Å²) in [5.74, 6) is -0.380. The third-order valence-electron chi connectivity index (χ3n) is 3.45. The van der Waals surface area contributed by atoms with E-state index in [2.05, 4.69) is 5.32 Å². The molecule has 1 unspecified atom stereocenters. The van der Waals surface area contributed by atoms with Crippen LogP contribution >= 0.6 is 0 Å². The first kappa shape index (κ1) is 11.9. The maximum atomic E-state index is 13.5. The molecule has 3 N–H and O–H groups in total. The second kappa shape index (κ2) is 4.73. The molecule has 1 aliphatic carbocycles. The molecule has 0 bridgehead atoms. The quantitative estimate of drug-likeness (QED) is 0.791. The fourth-order valence-corrected chi connectivity index (χ4v) is 2.06. The van der Waals surface area contributed by atoms with E-state index in [1.807, 2.05) is 6.92 Å². The molecule has 0 aromatic heterocycles. The Kier molecular flexibility index (Phi) is 3.31. The van der Waals surface area contributed by atoms with Gasteiger partial charge in [-0.3, -0.25) is 4.79 Å². The van der Waals surface area contributed by atoms with Crippen molar-refractivity contribution in [3.05, 3.63) is 29.6 Å². The van der Waals surface area contributed by atoms with Gasteiger partial charge < -0.3 is 11.1 Å². The van der Waals surface area contributed by atoms with E-state index in [1.165, 1.54) is 24.6 Å². The molecule has 4 heteroatoms. The van der Waals surface area contributed by atoms with Crippen LogP contribution in [0.3, 0.4) is 0 Å². The van der Waals surface area contributed by atoms with Crippen LogP contribution in [-0.4, -0.2) is 11.9 Å². The topological polar surface area (TPSA) is 55.1 Å². The molecule has 0 heterocycles. The zero-order valence-electron chi connectivity index (χ0n) is 9.87. The average molecular weight is 236 g/mol. The Labute approximate surface area is 100 Å². The molecule has 0 saturated heterocycles. The van der Waals surface area contributed by atoms with Gasteiger partial charge in [0.25, 0.3) is 5.91 Å². The molecule has 2 rings (SSSR count). The predicted molar refractivity (Wildman–Crippen MR) is 65.1 cm³/mol.